The molecule has 0 aliphatic heterocycles. The van der Waals surface area contributed by atoms with Crippen molar-refractivity contribution in [1.29, 1.82) is 0 Å². The van der Waals surface area contributed by atoms with E-state index in [1.54, 1.807) is 10.7 Å². The molecule has 2 N–H and O–H groups in total. The lowest BCUT2D eigenvalue weighted by molar-refractivity contribution is 0.0528. The maximum Gasteiger partial charge on any atom is 0.407 e. The van der Waals surface area contributed by atoms with E-state index in [2.05, 4.69) is 36.6 Å². The molecule has 0 aliphatic rings. The Hall–Kier alpha value is -2.32. The highest BCUT2D eigenvalue weighted by atomic mass is 79.9. The van der Waals surface area contributed by atoms with Gasteiger partial charge in [-0.15, -0.1) is 0 Å². The molecule has 1 amide bonds. The van der Waals surface area contributed by atoms with Gasteiger partial charge in [0.2, 0.25) is 0 Å². The fourth-order valence-corrected chi connectivity index (χ4v) is 3.26. The molecule has 0 unspecified atom stereocenters. The van der Waals surface area contributed by atoms with Gasteiger partial charge in [0.25, 0.3) is 0 Å². The lowest BCUT2D eigenvalue weighted by atomic mass is 10.1. The van der Waals surface area contributed by atoms with Crippen molar-refractivity contribution in [3.63, 3.8) is 0 Å². The average molecular weight is 481 g/mol. The third-order valence-electron chi connectivity index (χ3n) is 3.91. The standard InChI is InChI=1S/C20H23BrClN5O2/c1-20(2,3)29-19(28)24-10-6-9-23-17-11-16(13-7-4-5-8-15(13)22)26-18-14(21)12-25-27(17)18/h4-5,7-8,11-12,23H,6,9-10H2,1-3H3,(H,24,28). The topological polar surface area (TPSA) is 80.5 Å². The number of nitrogens with zero attached hydrogens (tertiary/aromatic N) is 3. The van der Waals surface area contributed by atoms with Crippen LogP contribution in [0, 0.1) is 0 Å². The molecule has 0 bridgehead atoms. The van der Waals surface area contributed by atoms with Crippen LogP contribution in [0.2, 0.25) is 5.02 Å². The number of halogens is 2. The van der Waals surface area contributed by atoms with Crippen molar-refractivity contribution in [1.82, 2.24) is 19.9 Å². The number of anilines is 1. The van der Waals surface area contributed by atoms with E-state index in [4.69, 9.17) is 16.3 Å². The van der Waals surface area contributed by atoms with Gasteiger partial charge in [0, 0.05) is 29.7 Å². The van der Waals surface area contributed by atoms with Gasteiger partial charge in [-0.1, -0.05) is 29.8 Å². The summed E-state index contributed by atoms with van der Waals surface area (Å²) in [7, 11) is 0. The zero-order valence-electron chi connectivity index (χ0n) is 16.5. The summed E-state index contributed by atoms with van der Waals surface area (Å²) in [6.07, 6.45) is 2.00. The van der Waals surface area contributed by atoms with Gasteiger partial charge in [0.05, 0.1) is 16.4 Å². The monoisotopic (exact) mass is 479 g/mol. The molecule has 9 heteroatoms. The zero-order valence-corrected chi connectivity index (χ0v) is 18.8. The molecular weight excluding hydrogens is 458 g/mol. The van der Waals surface area contributed by atoms with Crippen molar-refractivity contribution in [2.45, 2.75) is 32.8 Å². The van der Waals surface area contributed by atoms with E-state index >= 15 is 0 Å². The molecule has 0 radical (unpaired) electrons. The Labute approximate surface area is 182 Å². The number of alkyl carbamates (subject to hydrolysis) is 1. The van der Waals surface area contributed by atoms with E-state index in [1.807, 2.05) is 51.1 Å². The predicted octanol–water partition coefficient (Wildman–Crippen LogP) is 5.14. The number of aromatic nitrogens is 3. The molecule has 0 spiro atoms. The minimum Gasteiger partial charge on any atom is -0.444 e. The lowest BCUT2D eigenvalue weighted by Gasteiger charge is -2.19. The predicted molar refractivity (Wildman–Crippen MR) is 118 cm³/mol. The van der Waals surface area contributed by atoms with Gasteiger partial charge in [-0.3, -0.25) is 0 Å². The number of hydrogen-bond acceptors (Lipinski definition) is 5. The van der Waals surface area contributed by atoms with Crippen LogP contribution in [0.4, 0.5) is 10.6 Å². The molecule has 0 atom stereocenters. The lowest BCUT2D eigenvalue weighted by Crippen LogP contribution is -2.33. The van der Waals surface area contributed by atoms with Crippen LogP contribution >= 0.6 is 27.5 Å². The summed E-state index contributed by atoms with van der Waals surface area (Å²) in [6.45, 7) is 6.63. The molecular formula is C20H23BrClN5O2. The van der Waals surface area contributed by atoms with Gasteiger partial charge >= 0.3 is 6.09 Å². The number of rotatable bonds is 6. The van der Waals surface area contributed by atoms with Crippen LogP contribution in [-0.4, -0.2) is 39.4 Å². The average Bonchev–Trinajstić information content (AvgIpc) is 3.01. The summed E-state index contributed by atoms with van der Waals surface area (Å²) in [6, 6.07) is 9.49. The van der Waals surface area contributed by atoms with Gasteiger partial charge < -0.3 is 15.4 Å². The Morgan fingerprint density at radius 2 is 2.03 bits per heavy atom. The highest BCUT2D eigenvalue weighted by Crippen LogP contribution is 2.30. The molecule has 7 nitrogen and oxygen atoms in total. The van der Waals surface area contributed by atoms with Crippen LogP contribution < -0.4 is 10.6 Å². The molecule has 0 fully saturated rings. The number of fused-ring (bicyclic) bond motifs is 1. The van der Waals surface area contributed by atoms with Gasteiger partial charge in [0.15, 0.2) is 5.65 Å². The Morgan fingerprint density at radius 3 is 2.76 bits per heavy atom. The van der Waals surface area contributed by atoms with Gasteiger partial charge in [-0.05, 0) is 49.2 Å². The second kappa shape index (κ2) is 9.00. The van der Waals surface area contributed by atoms with Crippen molar-refractivity contribution in [2.75, 3.05) is 18.4 Å². The first-order chi connectivity index (χ1) is 13.7. The fraction of sp³-hybridized carbons (Fsp3) is 0.350. The van der Waals surface area contributed by atoms with Gasteiger partial charge in [0.1, 0.15) is 11.4 Å². The zero-order chi connectivity index (χ0) is 21.0. The highest BCUT2D eigenvalue weighted by molar-refractivity contribution is 9.10. The summed E-state index contributed by atoms with van der Waals surface area (Å²) < 4.78 is 7.75. The minimum atomic E-state index is -0.506. The second-order valence-corrected chi connectivity index (χ2v) is 8.70. The van der Waals surface area contributed by atoms with Crippen molar-refractivity contribution in [2.24, 2.45) is 0 Å². The first-order valence-electron chi connectivity index (χ1n) is 9.24. The van der Waals surface area contributed by atoms with Gasteiger partial charge in [-0.2, -0.15) is 9.61 Å². The summed E-state index contributed by atoms with van der Waals surface area (Å²) >= 11 is 9.84. The largest absolute Gasteiger partial charge is 0.444 e. The third-order valence-corrected chi connectivity index (χ3v) is 4.80. The van der Waals surface area contributed by atoms with Crippen molar-refractivity contribution < 1.29 is 9.53 Å². The van der Waals surface area contributed by atoms with Crippen LogP contribution in [0.1, 0.15) is 27.2 Å². The minimum absolute atomic E-state index is 0.416. The van der Waals surface area contributed by atoms with E-state index in [0.717, 1.165) is 21.5 Å². The van der Waals surface area contributed by atoms with Crippen molar-refractivity contribution in [3.05, 3.63) is 46.0 Å². The van der Waals surface area contributed by atoms with E-state index in [0.29, 0.717) is 30.2 Å². The fourth-order valence-electron chi connectivity index (χ4n) is 2.68. The third kappa shape index (κ3) is 5.61. The molecule has 0 saturated carbocycles. The van der Waals surface area contributed by atoms with Crippen LogP contribution in [0.15, 0.2) is 41.0 Å². The molecule has 0 aliphatic carbocycles. The molecule has 0 saturated heterocycles. The molecule has 29 heavy (non-hydrogen) atoms. The van der Waals surface area contributed by atoms with Crippen LogP contribution in [0.5, 0.6) is 0 Å². The quantitative estimate of drug-likeness (QED) is 0.478. The molecule has 2 heterocycles. The van der Waals surface area contributed by atoms with Crippen molar-refractivity contribution >= 4 is 45.1 Å². The highest BCUT2D eigenvalue weighted by Gasteiger charge is 2.16. The summed E-state index contributed by atoms with van der Waals surface area (Å²) in [4.78, 5) is 16.4. The summed E-state index contributed by atoms with van der Waals surface area (Å²) in [5, 5.41) is 11.1. The number of carbonyl (C=O) groups is 1. The number of benzene rings is 1. The molecule has 2 aromatic heterocycles. The Morgan fingerprint density at radius 1 is 1.28 bits per heavy atom. The number of ether oxygens (including phenoxy) is 1. The normalized spacial score (nSPS) is 11.5. The Balaban J connectivity index is 1.69. The van der Waals surface area contributed by atoms with Crippen LogP contribution in [-0.2, 0) is 4.74 Å². The molecule has 3 rings (SSSR count). The first kappa shape index (κ1) is 21.4. The van der Waals surface area contributed by atoms with Crippen LogP contribution in [0.25, 0.3) is 16.9 Å². The van der Waals surface area contributed by atoms with E-state index < -0.39 is 11.7 Å². The number of amides is 1. The summed E-state index contributed by atoms with van der Waals surface area (Å²) in [5.41, 5.74) is 1.78. The SMILES string of the molecule is CC(C)(C)OC(=O)NCCCNc1cc(-c2ccccc2Cl)nc2c(Br)cnn12. The van der Waals surface area contributed by atoms with Crippen molar-refractivity contribution in [3.8, 4) is 11.3 Å². The first-order valence-corrected chi connectivity index (χ1v) is 10.4. The van der Waals surface area contributed by atoms with Gasteiger partial charge in [-0.25, -0.2) is 9.78 Å². The molecule has 3 aromatic rings. The molecule has 1 aromatic carbocycles. The smallest absolute Gasteiger partial charge is 0.407 e. The Bertz CT molecular complexity index is 1020. The second-order valence-electron chi connectivity index (χ2n) is 7.44. The number of carbonyl (C=O) groups excluding carboxylic acids is 1. The summed E-state index contributed by atoms with van der Waals surface area (Å²) in [5.74, 6) is 0.785. The maximum atomic E-state index is 11.7. The van der Waals surface area contributed by atoms with Crippen LogP contribution in [0.3, 0.4) is 0 Å². The molecule has 154 valence electrons. The maximum absolute atomic E-state index is 11.7. The number of hydrogen-bond donors (Lipinski definition) is 2. The van der Waals surface area contributed by atoms with E-state index in [-0.39, 0.29) is 0 Å². The van der Waals surface area contributed by atoms with E-state index in [9.17, 15) is 4.79 Å². The number of nitrogens with one attached hydrogen (secondary N) is 2. The van der Waals surface area contributed by atoms with E-state index in [1.165, 1.54) is 0 Å². The Kier molecular flexibility index (Phi) is 6.64.